The van der Waals surface area contributed by atoms with E-state index >= 15 is 0 Å². The van der Waals surface area contributed by atoms with Crippen molar-refractivity contribution in [1.82, 2.24) is 9.97 Å². The summed E-state index contributed by atoms with van der Waals surface area (Å²) in [5.41, 5.74) is -0.237. The Morgan fingerprint density at radius 2 is 1.94 bits per heavy atom. The largest absolute Gasteiger partial charge is 0.476 e. The number of nitrogens with zero attached hydrogens (tertiary/aromatic N) is 2. The van der Waals surface area contributed by atoms with E-state index in [1.165, 1.54) is 12.4 Å². The summed E-state index contributed by atoms with van der Waals surface area (Å²) >= 11 is 0. The highest BCUT2D eigenvalue weighted by atomic mass is 16.4. The molecule has 0 saturated heterocycles. The molecule has 0 saturated carbocycles. The molecule has 1 amide bonds. The normalized spacial score (nSPS) is 10.1. The average molecular weight is 251 g/mol. The summed E-state index contributed by atoms with van der Waals surface area (Å²) in [5, 5.41) is 11.3. The molecule has 1 rings (SSSR count). The maximum atomic E-state index is 11.6. The number of carbonyl (C=O) groups is 2. The van der Waals surface area contributed by atoms with E-state index in [0.29, 0.717) is 6.42 Å². The third-order valence-corrected chi connectivity index (χ3v) is 2.42. The van der Waals surface area contributed by atoms with Gasteiger partial charge in [0.05, 0.1) is 0 Å². The minimum atomic E-state index is -1.20. The highest BCUT2D eigenvalue weighted by molar-refractivity contribution is 5.97. The first-order chi connectivity index (χ1) is 8.65. The molecule has 0 spiro atoms. The van der Waals surface area contributed by atoms with Gasteiger partial charge < -0.3 is 10.4 Å². The molecule has 0 aliphatic heterocycles. The van der Waals surface area contributed by atoms with Crippen LogP contribution in [0.3, 0.4) is 0 Å². The molecule has 6 nitrogen and oxygen atoms in total. The molecule has 0 bridgehead atoms. The highest BCUT2D eigenvalue weighted by Crippen LogP contribution is 2.10. The molecule has 2 N–H and O–H groups in total. The Morgan fingerprint density at radius 1 is 1.22 bits per heavy atom. The van der Waals surface area contributed by atoms with Gasteiger partial charge in [0.1, 0.15) is 0 Å². The predicted octanol–water partition coefficient (Wildman–Crippen LogP) is 2.08. The summed E-state index contributed by atoms with van der Waals surface area (Å²) in [6, 6.07) is 0. The van der Waals surface area contributed by atoms with Gasteiger partial charge >= 0.3 is 5.97 Å². The summed E-state index contributed by atoms with van der Waals surface area (Å²) in [7, 11) is 0. The lowest BCUT2D eigenvalue weighted by molar-refractivity contribution is -0.116. The van der Waals surface area contributed by atoms with Crippen molar-refractivity contribution in [3.63, 3.8) is 0 Å². The second-order valence-corrected chi connectivity index (χ2v) is 3.92. The molecular weight excluding hydrogens is 234 g/mol. The van der Waals surface area contributed by atoms with E-state index in [2.05, 4.69) is 22.2 Å². The van der Waals surface area contributed by atoms with Crippen LogP contribution in [0.5, 0.6) is 0 Å². The Balaban J connectivity index is 2.51. The zero-order chi connectivity index (χ0) is 13.4. The summed E-state index contributed by atoms with van der Waals surface area (Å²) in [4.78, 5) is 29.9. The quantitative estimate of drug-likeness (QED) is 0.724. The number of rotatable bonds is 7. The maximum absolute atomic E-state index is 11.6. The highest BCUT2D eigenvalue weighted by Gasteiger charge is 2.14. The lowest BCUT2D eigenvalue weighted by atomic mass is 10.1. The Labute approximate surface area is 105 Å². The number of amides is 1. The first kappa shape index (κ1) is 14.1. The van der Waals surface area contributed by atoms with E-state index in [-0.39, 0.29) is 17.4 Å². The monoisotopic (exact) mass is 251 g/mol. The molecule has 0 radical (unpaired) electrons. The van der Waals surface area contributed by atoms with Gasteiger partial charge in [-0.1, -0.05) is 26.2 Å². The maximum Gasteiger partial charge on any atom is 0.358 e. The standard InChI is InChI=1S/C12H17N3O3/c1-2-3-4-5-6-9(16)15-11-10(12(17)18)13-7-8-14-11/h7-8H,2-6H2,1H3,(H,17,18)(H,14,15,16). The number of carboxylic acids is 1. The first-order valence-corrected chi connectivity index (χ1v) is 5.99. The van der Waals surface area contributed by atoms with Crippen molar-refractivity contribution in [3.8, 4) is 0 Å². The van der Waals surface area contributed by atoms with Crippen molar-refractivity contribution < 1.29 is 14.7 Å². The lowest BCUT2D eigenvalue weighted by Gasteiger charge is -2.05. The zero-order valence-electron chi connectivity index (χ0n) is 10.3. The molecule has 0 fully saturated rings. The van der Waals surface area contributed by atoms with Crippen molar-refractivity contribution in [1.29, 1.82) is 0 Å². The van der Waals surface area contributed by atoms with Crippen LogP contribution >= 0.6 is 0 Å². The summed E-state index contributed by atoms with van der Waals surface area (Å²) < 4.78 is 0. The van der Waals surface area contributed by atoms with Gasteiger partial charge in [-0.15, -0.1) is 0 Å². The van der Waals surface area contributed by atoms with Crippen molar-refractivity contribution in [2.75, 3.05) is 5.32 Å². The van der Waals surface area contributed by atoms with Gasteiger partial charge in [0.15, 0.2) is 11.5 Å². The van der Waals surface area contributed by atoms with Crippen molar-refractivity contribution in [2.45, 2.75) is 39.0 Å². The Morgan fingerprint density at radius 3 is 2.61 bits per heavy atom. The predicted molar refractivity (Wildman–Crippen MR) is 66.4 cm³/mol. The van der Waals surface area contributed by atoms with Gasteiger partial charge in [-0.05, 0) is 6.42 Å². The van der Waals surface area contributed by atoms with Crippen LogP contribution in [0.2, 0.25) is 0 Å². The second-order valence-electron chi connectivity index (χ2n) is 3.92. The topological polar surface area (TPSA) is 92.2 Å². The number of anilines is 1. The van der Waals surface area contributed by atoms with E-state index in [9.17, 15) is 9.59 Å². The SMILES string of the molecule is CCCCCCC(=O)Nc1nccnc1C(=O)O. The summed E-state index contributed by atoms with van der Waals surface area (Å²) in [6.45, 7) is 2.10. The molecule has 0 unspecified atom stereocenters. The van der Waals surface area contributed by atoms with E-state index in [1.807, 2.05) is 0 Å². The molecule has 1 aromatic heterocycles. The third-order valence-electron chi connectivity index (χ3n) is 2.42. The Hall–Kier alpha value is -1.98. The number of carboxylic acid groups (broad SMARTS) is 1. The van der Waals surface area contributed by atoms with Gasteiger partial charge in [-0.2, -0.15) is 0 Å². The van der Waals surface area contributed by atoms with Crippen LogP contribution in [0.15, 0.2) is 12.4 Å². The average Bonchev–Trinajstić information content (AvgIpc) is 2.35. The molecule has 98 valence electrons. The van der Waals surface area contributed by atoms with Gasteiger partial charge in [-0.3, -0.25) is 4.79 Å². The fraction of sp³-hybridized carbons (Fsp3) is 0.500. The second kappa shape index (κ2) is 7.37. The van der Waals surface area contributed by atoms with Crippen LogP contribution in [-0.2, 0) is 4.79 Å². The molecule has 0 aromatic carbocycles. The number of hydrogen-bond acceptors (Lipinski definition) is 4. The fourth-order valence-corrected chi connectivity index (χ4v) is 1.49. The van der Waals surface area contributed by atoms with Gasteiger partial charge in [-0.25, -0.2) is 14.8 Å². The van der Waals surface area contributed by atoms with Crippen LogP contribution < -0.4 is 5.32 Å². The molecule has 0 atom stereocenters. The van der Waals surface area contributed by atoms with E-state index in [0.717, 1.165) is 25.7 Å². The van der Waals surface area contributed by atoms with Gasteiger partial charge in [0.2, 0.25) is 5.91 Å². The van der Waals surface area contributed by atoms with Crippen LogP contribution in [0, 0.1) is 0 Å². The fourth-order valence-electron chi connectivity index (χ4n) is 1.49. The third kappa shape index (κ3) is 4.48. The van der Waals surface area contributed by atoms with E-state index < -0.39 is 5.97 Å². The van der Waals surface area contributed by atoms with Crippen molar-refractivity contribution >= 4 is 17.7 Å². The van der Waals surface area contributed by atoms with Gasteiger partial charge in [0, 0.05) is 18.8 Å². The lowest BCUT2D eigenvalue weighted by Crippen LogP contribution is -2.16. The molecular formula is C12H17N3O3. The number of aromatic carboxylic acids is 1. The van der Waals surface area contributed by atoms with Crippen LogP contribution in [0.1, 0.15) is 49.5 Å². The van der Waals surface area contributed by atoms with Crippen molar-refractivity contribution in [2.24, 2.45) is 0 Å². The van der Waals surface area contributed by atoms with Crippen LogP contribution in [0.4, 0.5) is 5.82 Å². The molecule has 6 heteroatoms. The minimum Gasteiger partial charge on any atom is -0.476 e. The summed E-state index contributed by atoms with van der Waals surface area (Å²) in [5.74, 6) is -1.43. The van der Waals surface area contributed by atoms with Crippen LogP contribution in [0.25, 0.3) is 0 Å². The number of hydrogen-bond donors (Lipinski definition) is 2. The zero-order valence-corrected chi connectivity index (χ0v) is 10.3. The molecule has 0 aliphatic carbocycles. The number of carbonyl (C=O) groups excluding carboxylic acids is 1. The molecule has 1 heterocycles. The molecule has 1 aromatic rings. The van der Waals surface area contributed by atoms with Crippen LogP contribution in [-0.4, -0.2) is 27.0 Å². The molecule has 18 heavy (non-hydrogen) atoms. The van der Waals surface area contributed by atoms with Gasteiger partial charge in [0.25, 0.3) is 0 Å². The van der Waals surface area contributed by atoms with E-state index in [1.54, 1.807) is 0 Å². The minimum absolute atomic E-state index is 0.00508. The smallest absolute Gasteiger partial charge is 0.358 e. The Kier molecular flexibility index (Phi) is 5.76. The summed E-state index contributed by atoms with van der Waals surface area (Å²) in [6.07, 6.45) is 6.99. The Bertz CT molecular complexity index is 421. The molecule has 0 aliphatic rings. The number of nitrogens with one attached hydrogen (secondary N) is 1. The number of unbranched alkanes of at least 4 members (excludes halogenated alkanes) is 3. The van der Waals surface area contributed by atoms with Crippen molar-refractivity contribution in [3.05, 3.63) is 18.1 Å². The van der Waals surface area contributed by atoms with E-state index in [4.69, 9.17) is 5.11 Å². The first-order valence-electron chi connectivity index (χ1n) is 5.99. The number of aromatic nitrogens is 2.